The first-order valence-corrected chi connectivity index (χ1v) is 10.0. The first-order chi connectivity index (χ1) is 16.3. The van der Waals surface area contributed by atoms with Crippen LogP contribution in [0.15, 0.2) is 60.1 Å². The van der Waals surface area contributed by atoms with Crippen molar-refractivity contribution >= 4 is 0 Å². The average Bonchev–Trinajstić information content (AvgIpc) is 3.13. The third-order valence-corrected chi connectivity index (χ3v) is 5.42. The molecule has 7 nitrogen and oxygen atoms in total. The van der Waals surface area contributed by atoms with E-state index in [2.05, 4.69) is 10.4 Å². The summed E-state index contributed by atoms with van der Waals surface area (Å²) in [6.07, 6.45) is -10.3. The zero-order chi connectivity index (χ0) is 25.7. The number of benzene rings is 2. The lowest BCUT2D eigenvalue weighted by molar-refractivity contribution is -0.432. The normalized spacial score (nSPS) is 16.1. The smallest absolute Gasteiger partial charge is 0.416 e. The Bertz CT molecular complexity index is 1300. The van der Waals surface area contributed by atoms with Gasteiger partial charge in [0.1, 0.15) is 5.92 Å². The summed E-state index contributed by atoms with van der Waals surface area (Å²) in [5.74, 6) is -2.15. The number of nitrogens with zero attached hydrogens (tertiary/aromatic N) is 3. The van der Waals surface area contributed by atoms with Crippen LogP contribution in [-0.4, -0.2) is 21.8 Å². The quantitative estimate of drug-likeness (QED) is 0.296. The summed E-state index contributed by atoms with van der Waals surface area (Å²) >= 11 is 0. The molecule has 1 aliphatic heterocycles. The molecule has 0 amide bonds. The zero-order valence-electron chi connectivity index (χ0n) is 18.0. The van der Waals surface area contributed by atoms with Crippen LogP contribution < -0.4 is 10.1 Å². The highest BCUT2D eigenvalue weighted by molar-refractivity contribution is 5.54. The average molecular weight is 498 g/mol. The summed E-state index contributed by atoms with van der Waals surface area (Å²) in [6, 6.07) is 9.29. The van der Waals surface area contributed by atoms with Crippen LogP contribution in [0.4, 0.5) is 26.3 Å². The third-order valence-electron chi connectivity index (χ3n) is 5.42. The maximum absolute atomic E-state index is 13.5. The molecule has 0 fully saturated rings. The molecule has 1 aliphatic rings. The van der Waals surface area contributed by atoms with Crippen molar-refractivity contribution in [1.82, 2.24) is 15.1 Å². The Kier molecular flexibility index (Phi) is 5.73. The Morgan fingerprint density at radius 2 is 1.60 bits per heavy atom. The fraction of sp³-hybridized carbons (Fsp3) is 0.227. The molecule has 1 unspecified atom stereocenters. The molecule has 0 spiro atoms. The van der Waals surface area contributed by atoms with E-state index in [0.29, 0.717) is 17.8 Å². The topological polar surface area (TPSA) is 82.2 Å². The predicted molar refractivity (Wildman–Crippen MR) is 110 cm³/mol. The monoisotopic (exact) mass is 498 g/mol. The second-order valence-corrected chi connectivity index (χ2v) is 7.65. The van der Waals surface area contributed by atoms with Crippen LogP contribution in [-0.2, 0) is 12.4 Å². The minimum absolute atomic E-state index is 0.0213. The number of ether oxygens (including phenoxy) is 1. The first-order valence-electron chi connectivity index (χ1n) is 10.0. The highest BCUT2D eigenvalue weighted by Gasteiger charge is 2.45. The van der Waals surface area contributed by atoms with Crippen molar-refractivity contribution in [2.24, 2.45) is 0 Å². The van der Waals surface area contributed by atoms with Crippen LogP contribution in [0.1, 0.15) is 33.9 Å². The van der Waals surface area contributed by atoms with Crippen LogP contribution >= 0.6 is 0 Å². The molecule has 0 radical (unpaired) electrons. The number of alkyl halides is 6. The highest BCUT2D eigenvalue weighted by atomic mass is 19.4. The van der Waals surface area contributed by atoms with E-state index in [1.54, 1.807) is 30.3 Å². The number of allylic oxidation sites excluding steroid dienone is 1. The van der Waals surface area contributed by atoms with E-state index in [0.717, 1.165) is 0 Å². The first kappa shape index (κ1) is 24.1. The Morgan fingerprint density at radius 1 is 1.03 bits per heavy atom. The molecule has 1 N–H and O–H groups in total. The number of aromatic nitrogens is 2. The maximum atomic E-state index is 13.5. The van der Waals surface area contributed by atoms with E-state index in [-0.39, 0.29) is 23.2 Å². The van der Waals surface area contributed by atoms with Gasteiger partial charge in [0.15, 0.2) is 0 Å². The van der Waals surface area contributed by atoms with Crippen molar-refractivity contribution in [2.75, 3.05) is 7.05 Å². The summed E-state index contributed by atoms with van der Waals surface area (Å²) in [7, 11) is 1.28. The van der Waals surface area contributed by atoms with E-state index < -0.39 is 51.5 Å². The number of hydrogen-bond acceptors (Lipinski definition) is 5. The van der Waals surface area contributed by atoms with Crippen molar-refractivity contribution in [3.05, 3.63) is 98.2 Å². The number of halogens is 6. The van der Waals surface area contributed by atoms with Gasteiger partial charge in [0.05, 0.1) is 33.0 Å². The van der Waals surface area contributed by atoms with Gasteiger partial charge < -0.3 is 10.1 Å². The standard InChI is InChI=1S/C22H16F6N4O3/c1-11-16-17(12-8-13(21(23,24)25)10-14(9-12)22(26,27)28)18(32(33)34)19(29-2)35-20(16)31(30-11)15-6-4-3-5-7-15/h3-10,17,29H,1-2H3. The molecule has 3 aromatic rings. The summed E-state index contributed by atoms with van der Waals surface area (Å²) in [4.78, 5) is 11.1. The van der Waals surface area contributed by atoms with Gasteiger partial charge in [-0.15, -0.1) is 0 Å². The van der Waals surface area contributed by atoms with Gasteiger partial charge in [0, 0.05) is 7.05 Å². The minimum Gasteiger partial charge on any atom is -0.416 e. The lowest BCUT2D eigenvalue weighted by Gasteiger charge is -2.25. The summed E-state index contributed by atoms with van der Waals surface area (Å²) < 4.78 is 88.2. The highest BCUT2D eigenvalue weighted by Crippen LogP contribution is 2.47. The Hall–Kier alpha value is -4.03. The van der Waals surface area contributed by atoms with Gasteiger partial charge >= 0.3 is 18.0 Å². The third kappa shape index (κ3) is 4.29. The molecule has 2 heterocycles. The second-order valence-electron chi connectivity index (χ2n) is 7.65. The molecular formula is C22H16F6N4O3. The molecule has 35 heavy (non-hydrogen) atoms. The molecule has 0 aliphatic carbocycles. The summed E-state index contributed by atoms with van der Waals surface area (Å²) in [5.41, 5.74) is -3.92. The van der Waals surface area contributed by atoms with Crippen molar-refractivity contribution in [1.29, 1.82) is 0 Å². The molecule has 0 bridgehead atoms. The van der Waals surface area contributed by atoms with Crippen LogP contribution in [0.25, 0.3) is 5.69 Å². The summed E-state index contributed by atoms with van der Waals surface area (Å²) in [5, 5.41) is 18.8. The molecule has 1 aromatic heterocycles. The lowest BCUT2D eigenvalue weighted by Crippen LogP contribution is -2.29. The number of rotatable bonds is 4. The largest absolute Gasteiger partial charge is 0.416 e. The molecule has 1 atom stereocenters. The van der Waals surface area contributed by atoms with E-state index in [4.69, 9.17) is 4.74 Å². The van der Waals surface area contributed by atoms with Crippen LogP contribution in [0, 0.1) is 17.0 Å². The van der Waals surface area contributed by atoms with E-state index in [9.17, 15) is 36.5 Å². The summed E-state index contributed by atoms with van der Waals surface area (Å²) in [6.45, 7) is 1.44. The zero-order valence-corrected chi connectivity index (χ0v) is 18.0. The van der Waals surface area contributed by atoms with E-state index >= 15 is 0 Å². The number of hydrogen-bond donors (Lipinski definition) is 1. The molecule has 0 saturated carbocycles. The maximum Gasteiger partial charge on any atom is 0.416 e. The number of nitrogens with one attached hydrogen (secondary N) is 1. The fourth-order valence-electron chi connectivity index (χ4n) is 3.95. The second kappa shape index (κ2) is 8.32. The molecule has 13 heteroatoms. The fourth-order valence-corrected chi connectivity index (χ4v) is 3.95. The molecule has 0 saturated heterocycles. The number of nitro groups is 1. The predicted octanol–water partition coefficient (Wildman–Crippen LogP) is 5.41. The molecule has 184 valence electrons. The van der Waals surface area contributed by atoms with Crippen LogP contribution in [0.2, 0.25) is 0 Å². The van der Waals surface area contributed by atoms with Gasteiger partial charge in [-0.25, -0.2) is 4.68 Å². The van der Waals surface area contributed by atoms with E-state index in [1.165, 1.54) is 18.7 Å². The van der Waals surface area contributed by atoms with Crippen molar-refractivity contribution in [2.45, 2.75) is 25.2 Å². The van der Waals surface area contributed by atoms with Crippen molar-refractivity contribution < 1.29 is 36.0 Å². The Morgan fingerprint density at radius 3 is 2.09 bits per heavy atom. The van der Waals surface area contributed by atoms with Crippen LogP contribution in [0.5, 0.6) is 5.88 Å². The Balaban J connectivity index is 2.06. The SMILES string of the molecule is CNC1=C([N+](=O)[O-])C(c2cc(C(F)(F)F)cc(C(F)(F)F)c2)c2c(C)nn(-c3ccccc3)c2O1. The van der Waals surface area contributed by atoms with E-state index in [1.807, 2.05) is 0 Å². The van der Waals surface area contributed by atoms with Gasteiger partial charge in [-0.3, -0.25) is 10.1 Å². The lowest BCUT2D eigenvalue weighted by atomic mass is 9.85. The number of fused-ring (bicyclic) bond motifs is 1. The van der Waals surface area contributed by atoms with Crippen LogP contribution in [0.3, 0.4) is 0 Å². The van der Waals surface area contributed by atoms with Gasteiger partial charge in [0.2, 0.25) is 5.88 Å². The molecule has 4 rings (SSSR count). The van der Waals surface area contributed by atoms with Crippen molar-refractivity contribution in [3.63, 3.8) is 0 Å². The minimum atomic E-state index is -5.13. The van der Waals surface area contributed by atoms with Gasteiger partial charge in [0.25, 0.3) is 5.88 Å². The van der Waals surface area contributed by atoms with Gasteiger partial charge in [-0.1, -0.05) is 18.2 Å². The molecular weight excluding hydrogens is 482 g/mol. The van der Waals surface area contributed by atoms with Gasteiger partial charge in [-0.05, 0) is 42.8 Å². The number of aryl methyl sites for hydroxylation is 1. The van der Waals surface area contributed by atoms with Gasteiger partial charge in [-0.2, -0.15) is 31.4 Å². The Labute approximate surface area is 193 Å². The molecule has 2 aromatic carbocycles. The van der Waals surface area contributed by atoms with Crippen molar-refractivity contribution in [3.8, 4) is 11.6 Å². The number of para-hydroxylation sites is 1.